The number of carbonyl (C=O) groups excluding carboxylic acids is 1. The van der Waals surface area contributed by atoms with Gasteiger partial charge in [-0.2, -0.15) is 0 Å². The van der Waals surface area contributed by atoms with E-state index >= 15 is 0 Å². The minimum atomic E-state index is -3.23. The van der Waals surface area contributed by atoms with E-state index in [9.17, 15) is 13.2 Å². The minimum absolute atomic E-state index is 0.131. The zero-order valence-electron chi connectivity index (χ0n) is 16.6. The van der Waals surface area contributed by atoms with Gasteiger partial charge in [0.1, 0.15) is 0 Å². The molecule has 1 amide bonds. The molecule has 1 N–H and O–H groups in total. The predicted octanol–water partition coefficient (Wildman–Crippen LogP) is 4.37. The number of sulfone groups is 1. The molecule has 0 heterocycles. The van der Waals surface area contributed by atoms with Gasteiger partial charge in [0.05, 0.1) is 10.9 Å². The summed E-state index contributed by atoms with van der Waals surface area (Å²) in [5, 5.41) is 3.02. The van der Waals surface area contributed by atoms with Crippen LogP contribution in [0.4, 0.5) is 0 Å². The van der Waals surface area contributed by atoms with Gasteiger partial charge in [-0.3, -0.25) is 4.79 Å². The van der Waals surface area contributed by atoms with Crippen LogP contribution < -0.4 is 5.32 Å². The first-order chi connectivity index (χ1) is 13.8. The number of nitrogens with one attached hydrogen (secondary N) is 1. The molecule has 3 rings (SSSR count). The van der Waals surface area contributed by atoms with Gasteiger partial charge in [0, 0.05) is 11.8 Å². The van der Waals surface area contributed by atoms with Crippen molar-refractivity contribution in [1.29, 1.82) is 0 Å². The third-order valence-corrected chi connectivity index (χ3v) is 6.07. The Labute approximate surface area is 172 Å². The van der Waals surface area contributed by atoms with Gasteiger partial charge in [-0.05, 0) is 54.7 Å². The van der Waals surface area contributed by atoms with E-state index in [2.05, 4.69) is 17.4 Å². The monoisotopic (exact) mass is 407 g/mol. The van der Waals surface area contributed by atoms with Crippen molar-refractivity contribution in [1.82, 2.24) is 5.32 Å². The van der Waals surface area contributed by atoms with Crippen LogP contribution in [0.2, 0.25) is 0 Å². The van der Waals surface area contributed by atoms with E-state index < -0.39 is 9.84 Å². The van der Waals surface area contributed by atoms with Crippen molar-refractivity contribution in [3.8, 4) is 0 Å². The number of hydrogen-bond acceptors (Lipinski definition) is 3. The van der Waals surface area contributed by atoms with E-state index in [-0.39, 0.29) is 16.8 Å². The second-order valence-electron chi connectivity index (χ2n) is 7.18. The van der Waals surface area contributed by atoms with Crippen LogP contribution in [-0.4, -0.2) is 20.6 Å². The molecule has 0 aliphatic heterocycles. The number of hydrogen-bond donors (Lipinski definition) is 1. The summed E-state index contributed by atoms with van der Waals surface area (Å²) in [6, 6.07) is 24.2. The van der Waals surface area contributed by atoms with Crippen LogP contribution in [0.15, 0.2) is 83.8 Å². The molecular formula is C24H25NO3S. The SMILES string of the molecule is C[C@H](NC(=O)c1ccccc1CCc1ccccc1)c1ccc(S(C)(=O)=O)cc1. The van der Waals surface area contributed by atoms with E-state index in [0.29, 0.717) is 5.56 Å². The van der Waals surface area contributed by atoms with Gasteiger partial charge in [0.2, 0.25) is 0 Å². The molecule has 0 saturated carbocycles. The van der Waals surface area contributed by atoms with Crippen molar-refractivity contribution < 1.29 is 13.2 Å². The zero-order chi connectivity index (χ0) is 20.9. The molecule has 1 atom stereocenters. The highest BCUT2D eigenvalue weighted by Gasteiger charge is 2.15. The molecule has 0 spiro atoms. The normalized spacial score (nSPS) is 12.3. The molecule has 3 aromatic rings. The van der Waals surface area contributed by atoms with Gasteiger partial charge in [0.15, 0.2) is 9.84 Å². The van der Waals surface area contributed by atoms with Crippen LogP contribution in [0, 0.1) is 0 Å². The lowest BCUT2D eigenvalue weighted by atomic mass is 9.99. The van der Waals surface area contributed by atoms with Crippen LogP contribution in [0.3, 0.4) is 0 Å². The molecule has 0 aromatic heterocycles. The Morgan fingerprint density at radius 2 is 1.48 bits per heavy atom. The van der Waals surface area contributed by atoms with Crippen LogP contribution in [0.25, 0.3) is 0 Å². The molecule has 0 radical (unpaired) electrons. The Bertz CT molecular complexity index is 1070. The molecule has 0 aliphatic carbocycles. The Kier molecular flexibility index (Phi) is 6.49. The van der Waals surface area contributed by atoms with Crippen LogP contribution in [-0.2, 0) is 22.7 Å². The van der Waals surface area contributed by atoms with E-state index in [0.717, 1.165) is 24.0 Å². The number of amides is 1. The fraction of sp³-hybridized carbons (Fsp3) is 0.208. The molecule has 4 nitrogen and oxygen atoms in total. The summed E-state index contributed by atoms with van der Waals surface area (Å²) in [6.07, 6.45) is 2.83. The first-order valence-corrected chi connectivity index (χ1v) is 11.5. The summed E-state index contributed by atoms with van der Waals surface area (Å²) in [4.78, 5) is 13.1. The Balaban J connectivity index is 1.70. The van der Waals surface area contributed by atoms with Gasteiger partial charge < -0.3 is 5.32 Å². The second kappa shape index (κ2) is 9.05. The molecule has 0 saturated heterocycles. The van der Waals surface area contributed by atoms with E-state index in [1.807, 2.05) is 49.4 Å². The van der Waals surface area contributed by atoms with Gasteiger partial charge >= 0.3 is 0 Å². The summed E-state index contributed by atoms with van der Waals surface area (Å²) in [5.41, 5.74) is 3.77. The molecule has 29 heavy (non-hydrogen) atoms. The van der Waals surface area contributed by atoms with Crippen molar-refractivity contribution in [3.05, 3.63) is 101 Å². The molecule has 3 aromatic carbocycles. The summed E-state index contributed by atoms with van der Waals surface area (Å²) in [7, 11) is -3.23. The quantitative estimate of drug-likeness (QED) is 0.633. The Hall–Kier alpha value is -2.92. The summed E-state index contributed by atoms with van der Waals surface area (Å²) >= 11 is 0. The third kappa shape index (κ3) is 5.55. The highest BCUT2D eigenvalue weighted by atomic mass is 32.2. The number of carbonyl (C=O) groups is 1. The topological polar surface area (TPSA) is 63.2 Å². The van der Waals surface area contributed by atoms with Gasteiger partial charge in [0.25, 0.3) is 5.91 Å². The molecule has 0 fully saturated rings. The smallest absolute Gasteiger partial charge is 0.252 e. The molecule has 0 aliphatic rings. The van der Waals surface area contributed by atoms with Crippen molar-refractivity contribution in [2.24, 2.45) is 0 Å². The van der Waals surface area contributed by atoms with Gasteiger partial charge in [-0.25, -0.2) is 8.42 Å². The lowest BCUT2D eigenvalue weighted by molar-refractivity contribution is 0.0939. The Morgan fingerprint density at radius 3 is 2.14 bits per heavy atom. The van der Waals surface area contributed by atoms with Crippen molar-refractivity contribution >= 4 is 15.7 Å². The largest absolute Gasteiger partial charge is 0.346 e. The average Bonchev–Trinajstić information content (AvgIpc) is 2.72. The molecule has 150 valence electrons. The summed E-state index contributed by atoms with van der Waals surface area (Å²) < 4.78 is 23.2. The van der Waals surface area contributed by atoms with E-state index in [1.165, 1.54) is 11.8 Å². The highest BCUT2D eigenvalue weighted by Crippen LogP contribution is 2.18. The molecular weight excluding hydrogens is 382 g/mol. The number of aryl methyl sites for hydroxylation is 2. The predicted molar refractivity (Wildman–Crippen MR) is 116 cm³/mol. The van der Waals surface area contributed by atoms with Crippen LogP contribution >= 0.6 is 0 Å². The maximum atomic E-state index is 12.9. The lowest BCUT2D eigenvalue weighted by Crippen LogP contribution is -2.27. The van der Waals surface area contributed by atoms with Gasteiger partial charge in [-0.1, -0.05) is 60.7 Å². The minimum Gasteiger partial charge on any atom is -0.346 e. The zero-order valence-corrected chi connectivity index (χ0v) is 17.4. The fourth-order valence-corrected chi connectivity index (χ4v) is 3.88. The summed E-state index contributed by atoms with van der Waals surface area (Å²) in [6.45, 7) is 1.89. The average molecular weight is 408 g/mol. The number of rotatable bonds is 7. The highest BCUT2D eigenvalue weighted by molar-refractivity contribution is 7.90. The standard InChI is InChI=1S/C24H25NO3S/c1-18(20-14-16-22(17-15-20)29(2,27)28)25-24(26)23-11-7-6-10-21(23)13-12-19-8-4-3-5-9-19/h3-11,14-18H,12-13H2,1-2H3,(H,25,26)/t18-/m0/s1. The lowest BCUT2D eigenvalue weighted by Gasteiger charge is -2.16. The van der Waals surface area contributed by atoms with E-state index in [4.69, 9.17) is 0 Å². The summed E-state index contributed by atoms with van der Waals surface area (Å²) in [5.74, 6) is -0.131. The van der Waals surface area contributed by atoms with Crippen molar-refractivity contribution in [3.63, 3.8) is 0 Å². The molecule has 0 unspecified atom stereocenters. The third-order valence-electron chi connectivity index (χ3n) is 4.94. The Morgan fingerprint density at radius 1 is 0.862 bits per heavy atom. The van der Waals surface area contributed by atoms with Crippen LogP contribution in [0.5, 0.6) is 0 Å². The fourth-order valence-electron chi connectivity index (χ4n) is 3.24. The van der Waals surface area contributed by atoms with Crippen molar-refractivity contribution in [2.75, 3.05) is 6.26 Å². The van der Waals surface area contributed by atoms with Gasteiger partial charge in [-0.15, -0.1) is 0 Å². The van der Waals surface area contributed by atoms with E-state index in [1.54, 1.807) is 24.3 Å². The maximum absolute atomic E-state index is 12.9. The first kappa shape index (κ1) is 20.8. The first-order valence-electron chi connectivity index (χ1n) is 9.57. The number of benzene rings is 3. The molecule has 0 bridgehead atoms. The maximum Gasteiger partial charge on any atom is 0.252 e. The van der Waals surface area contributed by atoms with Crippen molar-refractivity contribution in [2.45, 2.75) is 30.7 Å². The molecule has 5 heteroatoms. The van der Waals surface area contributed by atoms with Crippen LogP contribution in [0.1, 0.15) is 40.0 Å². The second-order valence-corrected chi connectivity index (χ2v) is 9.19.